The molecule has 1 aliphatic rings. The lowest BCUT2D eigenvalue weighted by atomic mass is 9.99. The minimum absolute atomic E-state index is 0.221. The van der Waals surface area contributed by atoms with Crippen molar-refractivity contribution in [3.05, 3.63) is 29.8 Å². The van der Waals surface area contributed by atoms with E-state index in [2.05, 4.69) is 0 Å². The Kier molecular flexibility index (Phi) is 6.95. The molecule has 0 spiro atoms. The Hall–Kier alpha value is -2.17. The SMILES string of the molecule is COc1cc(/C=C/C(=O)O)cc(O[C@@H]2O[C@H](CO)[C@@H](OC)[C@H](O)[C@H]2O)c1. The van der Waals surface area contributed by atoms with E-state index in [0.29, 0.717) is 11.3 Å². The summed E-state index contributed by atoms with van der Waals surface area (Å²) in [7, 11) is 2.77. The van der Waals surface area contributed by atoms with Gasteiger partial charge in [0.25, 0.3) is 0 Å². The van der Waals surface area contributed by atoms with Gasteiger partial charge in [-0.25, -0.2) is 4.79 Å². The maximum atomic E-state index is 10.7. The molecule has 1 aromatic carbocycles. The lowest BCUT2D eigenvalue weighted by Gasteiger charge is -2.41. The number of aliphatic hydroxyl groups is 3. The number of aliphatic carboxylic acids is 1. The van der Waals surface area contributed by atoms with Gasteiger partial charge >= 0.3 is 5.97 Å². The highest BCUT2D eigenvalue weighted by Gasteiger charge is 2.45. The highest BCUT2D eigenvalue weighted by atomic mass is 16.7. The number of benzene rings is 1. The Morgan fingerprint density at radius 3 is 2.46 bits per heavy atom. The second kappa shape index (κ2) is 8.97. The molecule has 1 aromatic rings. The number of aliphatic hydroxyl groups excluding tert-OH is 3. The Morgan fingerprint density at radius 2 is 1.88 bits per heavy atom. The van der Waals surface area contributed by atoms with E-state index in [1.54, 1.807) is 6.07 Å². The molecule has 144 valence electrons. The van der Waals surface area contributed by atoms with Crippen molar-refractivity contribution in [1.29, 1.82) is 0 Å². The fourth-order valence-electron chi connectivity index (χ4n) is 2.62. The molecule has 9 nitrogen and oxygen atoms in total. The predicted molar refractivity (Wildman–Crippen MR) is 88.8 cm³/mol. The van der Waals surface area contributed by atoms with Gasteiger partial charge in [-0.1, -0.05) is 0 Å². The monoisotopic (exact) mass is 370 g/mol. The van der Waals surface area contributed by atoms with Crippen molar-refractivity contribution < 1.29 is 44.2 Å². The van der Waals surface area contributed by atoms with Gasteiger partial charge < -0.3 is 39.4 Å². The van der Waals surface area contributed by atoms with Crippen molar-refractivity contribution in [2.45, 2.75) is 30.7 Å². The number of carboxylic acid groups (broad SMARTS) is 1. The minimum Gasteiger partial charge on any atom is -0.497 e. The first-order chi connectivity index (χ1) is 12.4. The molecule has 0 bridgehead atoms. The van der Waals surface area contributed by atoms with Crippen LogP contribution in [0.5, 0.6) is 11.5 Å². The van der Waals surface area contributed by atoms with Gasteiger partial charge in [0.1, 0.15) is 35.9 Å². The fourth-order valence-corrected chi connectivity index (χ4v) is 2.62. The summed E-state index contributed by atoms with van der Waals surface area (Å²) in [5, 5.41) is 38.5. The molecule has 0 saturated carbocycles. The van der Waals surface area contributed by atoms with E-state index in [-0.39, 0.29) is 5.75 Å². The van der Waals surface area contributed by atoms with E-state index in [4.69, 9.17) is 24.1 Å². The Labute approximate surface area is 150 Å². The summed E-state index contributed by atoms with van der Waals surface area (Å²) < 4.78 is 21.3. The summed E-state index contributed by atoms with van der Waals surface area (Å²) in [6.07, 6.45) is -3.51. The standard InChI is InChI=1S/C17H22O9/c1-23-10-5-9(3-4-13(19)20)6-11(7-10)25-17-15(22)14(21)16(24-2)12(8-18)26-17/h3-7,12,14-18,21-22H,8H2,1-2H3,(H,19,20)/b4-3+/t12-,14-,15-,16-,17-/m1/s1. The molecule has 26 heavy (non-hydrogen) atoms. The van der Waals surface area contributed by atoms with Gasteiger partial charge in [-0.15, -0.1) is 0 Å². The molecule has 0 unspecified atom stereocenters. The summed E-state index contributed by atoms with van der Waals surface area (Å²) in [5.74, 6) is -0.495. The highest BCUT2D eigenvalue weighted by molar-refractivity contribution is 5.85. The zero-order chi connectivity index (χ0) is 19.3. The summed E-state index contributed by atoms with van der Waals surface area (Å²) in [5.41, 5.74) is 0.487. The van der Waals surface area contributed by atoms with E-state index in [9.17, 15) is 20.1 Å². The number of carbonyl (C=O) groups is 1. The molecule has 0 amide bonds. The predicted octanol–water partition coefficient (Wildman–Crippen LogP) is -0.374. The Bertz CT molecular complexity index is 643. The normalized spacial score (nSPS) is 28.9. The van der Waals surface area contributed by atoms with Gasteiger partial charge in [-0.3, -0.25) is 0 Å². The van der Waals surface area contributed by atoms with Crippen molar-refractivity contribution in [1.82, 2.24) is 0 Å². The molecule has 4 N–H and O–H groups in total. The number of hydrogen-bond acceptors (Lipinski definition) is 8. The van der Waals surface area contributed by atoms with Gasteiger partial charge in [0.15, 0.2) is 0 Å². The Balaban J connectivity index is 2.23. The second-order valence-corrected chi connectivity index (χ2v) is 5.64. The van der Waals surface area contributed by atoms with Crippen LogP contribution in [-0.2, 0) is 14.3 Å². The van der Waals surface area contributed by atoms with Crippen LogP contribution >= 0.6 is 0 Å². The molecule has 0 aromatic heterocycles. The molecule has 1 fully saturated rings. The van der Waals surface area contributed by atoms with Crippen molar-refractivity contribution in [3.63, 3.8) is 0 Å². The summed E-state index contributed by atoms with van der Waals surface area (Å²) >= 11 is 0. The van der Waals surface area contributed by atoms with Crippen molar-refractivity contribution in [3.8, 4) is 11.5 Å². The van der Waals surface area contributed by atoms with Crippen LogP contribution in [0.3, 0.4) is 0 Å². The third-order valence-electron chi connectivity index (χ3n) is 3.90. The fraction of sp³-hybridized carbons (Fsp3) is 0.471. The van der Waals surface area contributed by atoms with Gasteiger partial charge in [0.05, 0.1) is 13.7 Å². The van der Waals surface area contributed by atoms with Gasteiger partial charge in [0.2, 0.25) is 6.29 Å². The van der Waals surface area contributed by atoms with Crippen LogP contribution in [0.15, 0.2) is 24.3 Å². The smallest absolute Gasteiger partial charge is 0.328 e. The van der Waals surface area contributed by atoms with E-state index in [0.717, 1.165) is 6.08 Å². The first kappa shape index (κ1) is 20.1. The second-order valence-electron chi connectivity index (χ2n) is 5.64. The van der Waals surface area contributed by atoms with Crippen LogP contribution in [-0.4, -0.2) is 77.9 Å². The average molecular weight is 370 g/mol. The lowest BCUT2D eigenvalue weighted by Crippen LogP contribution is -2.60. The zero-order valence-electron chi connectivity index (χ0n) is 14.3. The molecular weight excluding hydrogens is 348 g/mol. The molecule has 9 heteroatoms. The first-order valence-electron chi connectivity index (χ1n) is 7.81. The van der Waals surface area contributed by atoms with Crippen molar-refractivity contribution >= 4 is 12.0 Å². The van der Waals surface area contributed by atoms with Crippen LogP contribution in [0, 0.1) is 0 Å². The number of methoxy groups -OCH3 is 2. The molecule has 1 saturated heterocycles. The average Bonchev–Trinajstić information content (AvgIpc) is 2.63. The molecule has 1 heterocycles. The summed E-state index contributed by atoms with van der Waals surface area (Å²) in [6.45, 7) is -0.438. The molecular formula is C17H22O9. The van der Waals surface area contributed by atoms with Crippen LogP contribution < -0.4 is 9.47 Å². The first-order valence-corrected chi connectivity index (χ1v) is 7.81. The number of ether oxygens (including phenoxy) is 4. The highest BCUT2D eigenvalue weighted by Crippen LogP contribution is 2.29. The topological polar surface area (TPSA) is 135 Å². The zero-order valence-corrected chi connectivity index (χ0v) is 14.3. The minimum atomic E-state index is -1.42. The third-order valence-corrected chi connectivity index (χ3v) is 3.90. The van der Waals surface area contributed by atoms with Gasteiger partial charge in [-0.05, 0) is 23.8 Å². The number of rotatable bonds is 7. The molecule has 0 radical (unpaired) electrons. The van der Waals surface area contributed by atoms with Gasteiger partial charge in [0, 0.05) is 19.3 Å². The van der Waals surface area contributed by atoms with Crippen molar-refractivity contribution in [2.75, 3.05) is 20.8 Å². The van der Waals surface area contributed by atoms with Crippen LogP contribution in [0.2, 0.25) is 0 Å². The van der Waals surface area contributed by atoms with E-state index < -0.39 is 43.3 Å². The largest absolute Gasteiger partial charge is 0.497 e. The molecule has 0 aliphatic carbocycles. The molecule has 2 rings (SSSR count). The summed E-state index contributed by atoms with van der Waals surface area (Å²) in [4.78, 5) is 10.7. The quantitative estimate of drug-likeness (QED) is 0.474. The van der Waals surface area contributed by atoms with Crippen molar-refractivity contribution in [2.24, 2.45) is 0 Å². The lowest BCUT2D eigenvalue weighted by molar-refractivity contribution is -0.281. The van der Waals surface area contributed by atoms with E-state index in [1.807, 2.05) is 0 Å². The van der Waals surface area contributed by atoms with E-state index >= 15 is 0 Å². The third kappa shape index (κ3) is 4.71. The molecule has 1 aliphatic heterocycles. The maximum absolute atomic E-state index is 10.7. The van der Waals surface area contributed by atoms with Gasteiger partial charge in [-0.2, -0.15) is 0 Å². The van der Waals surface area contributed by atoms with Crippen LogP contribution in [0.25, 0.3) is 6.08 Å². The number of hydrogen-bond donors (Lipinski definition) is 4. The van der Waals surface area contributed by atoms with Crippen LogP contribution in [0.1, 0.15) is 5.56 Å². The summed E-state index contributed by atoms with van der Waals surface area (Å²) in [6, 6.07) is 4.62. The Morgan fingerprint density at radius 1 is 1.19 bits per heavy atom. The van der Waals surface area contributed by atoms with Crippen LogP contribution in [0.4, 0.5) is 0 Å². The number of carboxylic acids is 1. The maximum Gasteiger partial charge on any atom is 0.328 e. The molecule has 5 atom stereocenters. The van der Waals surface area contributed by atoms with E-state index in [1.165, 1.54) is 32.4 Å².